The Morgan fingerprint density at radius 1 is 0.384 bits per heavy atom. The van der Waals surface area contributed by atoms with E-state index in [9.17, 15) is 0 Å². The second kappa shape index (κ2) is 20.1. The molecule has 4 heterocycles. The highest BCUT2D eigenvalue weighted by Gasteiger charge is 2.46. The summed E-state index contributed by atoms with van der Waals surface area (Å²) in [4.78, 5) is 7.66. The molecule has 86 heavy (non-hydrogen) atoms. The molecule has 6 heteroatoms. The van der Waals surface area contributed by atoms with E-state index in [2.05, 4.69) is 326 Å². The number of furan rings is 1. The molecule has 0 atom stereocenters. The number of para-hydroxylation sites is 3. The Balaban J connectivity index is 1.07. The van der Waals surface area contributed by atoms with Crippen LogP contribution in [0.3, 0.4) is 0 Å². The summed E-state index contributed by atoms with van der Waals surface area (Å²) in [6, 6.07) is 92.8. The highest BCUT2D eigenvalue weighted by molar-refractivity contribution is 7.33. The van der Waals surface area contributed by atoms with Gasteiger partial charge in [0.15, 0.2) is 5.58 Å². The molecule has 15 rings (SSSR count). The van der Waals surface area contributed by atoms with Crippen LogP contribution in [-0.4, -0.2) is 6.71 Å². The van der Waals surface area contributed by atoms with Crippen molar-refractivity contribution in [3.63, 3.8) is 0 Å². The predicted octanol–water partition coefficient (Wildman–Crippen LogP) is 21.2. The molecule has 2 aromatic heterocycles. The van der Waals surface area contributed by atoms with Crippen LogP contribution in [-0.2, 0) is 16.2 Å². The van der Waals surface area contributed by atoms with E-state index in [4.69, 9.17) is 4.42 Å². The Kier molecular flexibility index (Phi) is 12.5. The van der Waals surface area contributed by atoms with E-state index >= 15 is 0 Å². The molecular weight excluding hydrogens is 1060 g/mol. The fourth-order valence-corrected chi connectivity index (χ4v) is 14.7. The molecule has 0 aliphatic carbocycles. The van der Waals surface area contributed by atoms with Gasteiger partial charge in [0.2, 0.25) is 0 Å². The van der Waals surface area contributed by atoms with Crippen molar-refractivity contribution in [3.05, 3.63) is 265 Å². The summed E-state index contributed by atoms with van der Waals surface area (Å²) >= 11 is 1.95. The van der Waals surface area contributed by atoms with Crippen molar-refractivity contribution in [1.82, 2.24) is 0 Å². The lowest BCUT2D eigenvalue weighted by molar-refractivity contribution is 0.590. The maximum atomic E-state index is 7.49. The number of rotatable bonds is 8. The van der Waals surface area contributed by atoms with E-state index in [1.165, 1.54) is 53.9 Å². The van der Waals surface area contributed by atoms with Gasteiger partial charge in [0.25, 0.3) is 6.71 Å². The van der Waals surface area contributed by atoms with Crippen molar-refractivity contribution in [2.24, 2.45) is 0 Å². The minimum absolute atomic E-state index is 0.0164. The lowest BCUT2D eigenvalue weighted by atomic mass is 9.36. The lowest BCUT2D eigenvalue weighted by Crippen LogP contribution is -2.60. The molecular formula is C80H68BN3OS. The molecule has 0 N–H and O–H groups in total. The Labute approximate surface area is 510 Å². The highest BCUT2D eigenvalue weighted by Crippen LogP contribution is 2.53. The number of hydrogen-bond acceptors (Lipinski definition) is 5. The van der Waals surface area contributed by atoms with Crippen LogP contribution in [0.5, 0.6) is 0 Å². The summed E-state index contributed by atoms with van der Waals surface area (Å²) < 4.78 is 10.1. The molecule has 0 saturated carbocycles. The van der Waals surface area contributed by atoms with Gasteiger partial charge < -0.3 is 19.1 Å². The summed E-state index contributed by atoms with van der Waals surface area (Å²) in [5.74, 6) is 0. The summed E-state index contributed by atoms with van der Waals surface area (Å²) in [6.45, 7) is 20.7. The maximum Gasteiger partial charge on any atom is 0.264 e. The van der Waals surface area contributed by atoms with Crippen molar-refractivity contribution < 1.29 is 4.42 Å². The molecule has 4 nitrogen and oxygen atoms in total. The van der Waals surface area contributed by atoms with E-state index in [1.54, 1.807) is 0 Å². The Morgan fingerprint density at radius 2 is 0.919 bits per heavy atom. The highest BCUT2D eigenvalue weighted by atomic mass is 32.1. The van der Waals surface area contributed by atoms with Gasteiger partial charge in [0, 0.05) is 70.9 Å². The molecule has 0 fully saturated rings. The monoisotopic (exact) mass is 1130 g/mol. The first-order chi connectivity index (χ1) is 41.6. The van der Waals surface area contributed by atoms with Crippen molar-refractivity contribution in [2.75, 3.05) is 14.7 Å². The summed E-state index contributed by atoms with van der Waals surface area (Å²) in [5, 5.41) is 3.44. The first kappa shape index (κ1) is 53.4. The Bertz CT molecular complexity index is 4750. The van der Waals surface area contributed by atoms with Gasteiger partial charge in [-0.25, -0.2) is 0 Å². The molecule has 2 aliphatic rings. The first-order valence-electron chi connectivity index (χ1n) is 30.3. The minimum Gasteiger partial charge on any atom is -0.453 e. The number of anilines is 9. The van der Waals surface area contributed by atoms with Gasteiger partial charge in [-0.3, -0.25) is 0 Å². The van der Waals surface area contributed by atoms with E-state index in [1.807, 2.05) is 11.3 Å². The fraction of sp³-hybridized carbons (Fsp3) is 0.150. The first-order valence-corrected chi connectivity index (χ1v) is 31.1. The van der Waals surface area contributed by atoms with Crippen LogP contribution in [0.1, 0.15) is 79.0 Å². The second-order valence-corrected chi connectivity index (χ2v) is 27.6. The van der Waals surface area contributed by atoms with Crippen LogP contribution in [0.2, 0.25) is 0 Å². The van der Waals surface area contributed by atoms with Gasteiger partial charge >= 0.3 is 0 Å². The number of thiophene rings is 1. The molecule has 13 aromatic rings. The second-order valence-electron chi connectivity index (χ2n) is 26.5. The van der Waals surface area contributed by atoms with E-state index < -0.39 is 0 Å². The van der Waals surface area contributed by atoms with E-state index in [0.29, 0.717) is 0 Å². The molecule has 0 bridgehead atoms. The summed E-state index contributed by atoms with van der Waals surface area (Å²) in [5.41, 5.74) is 24.8. The molecule has 2 aliphatic heterocycles. The van der Waals surface area contributed by atoms with Gasteiger partial charge in [0.1, 0.15) is 5.58 Å². The zero-order chi connectivity index (χ0) is 58.8. The van der Waals surface area contributed by atoms with Gasteiger partial charge in [0.05, 0.1) is 17.1 Å². The number of benzene rings is 11. The van der Waals surface area contributed by atoms with Crippen molar-refractivity contribution in [1.29, 1.82) is 0 Å². The zero-order valence-corrected chi connectivity index (χ0v) is 51.2. The molecule has 11 aromatic carbocycles. The topological polar surface area (TPSA) is 22.9 Å². The average Bonchev–Trinajstić information content (AvgIpc) is 1.26. The largest absolute Gasteiger partial charge is 0.453 e. The smallest absolute Gasteiger partial charge is 0.264 e. The van der Waals surface area contributed by atoms with Crippen LogP contribution in [0.4, 0.5) is 51.2 Å². The van der Waals surface area contributed by atoms with Crippen molar-refractivity contribution >= 4 is 117 Å². The third-order valence-electron chi connectivity index (χ3n) is 17.9. The van der Waals surface area contributed by atoms with Crippen LogP contribution in [0.25, 0.3) is 65.4 Å². The third-order valence-corrected chi connectivity index (χ3v) is 19.1. The van der Waals surface area contributed by atoms with Crippen molar-refractivity contribution in [2.45, 2.75) is 78.6 Å². The summed E-state index contributed by atoms with van der Waals surface area (Å²) in [7, 11) is 0. The molecule has 0 spiro atoms. The van der Waals surface area contributed by atoms with Gasteiger partial charge in [-0.2, -0.15) is 0 Å². The maximum absolute atomic E-state index is 7.49. The molecule has 0 saturated heterocycles. The van der Waals surface area contributed by atoms with E-state index in [-0.39, 0.29) is 23.0 Å². The summed E-state index contributed by atoms with van der Waals surface area (Å²) in [6.07, 6.45) is 0. The van der Waals surface area contributed by atoms with Crippen LogP contribution < -0.4 is 30.4 Å². The number of hydrogen-bond donors (Lipinski definition) is 0. The van der Waals surface area contributed by atoms with Crippen LogP contribution in [0.15, 0.2) is 253 Å². The van der Waals surface area contributed by atoms with E-state index in [0.717, 1.165) is 95.1 Å². The lowest BCUT2D eigenvalue weighted by Gasteiger charge is -2.44. The predicted molar refractivity (Wildman–Crippen MR) is 370 cm³/mol. The third kappa shape index (κ3) is 8.87. The molecule has 0 amide bonds. The van der Waals surface area contributed by atoms with Gasteiger partial charge in [-0.05, 0) is 139 Å². The molecule has 0 unspecified atom stereocenters. The average molecular weight is 1130 g/mol. The SMILES string of the molecule is CC(C)(C)c1ccc(N(c2ccc3c(c2)N(c2cccc4c2oc2c(-c5ccccc5)cccc24)c2cc(-c4ccccc4)cc4c2B3c2sc3ccc(C(C)(C)C)cc3c2N4c2ccc(C(C)(C)C)cc2)c2ccccc2-c2ccccc2)cc1. The molecule has 418 valence electrons. The quantitative estimate of drug-likeness (QED) is 0.141. The van der Waals surface area contributed by atoms with Gasteiger partial charge in [-0.15, -0.1) is 11.3 Å². The van der Waals surface area contributed by atoms with Crippen LogP contribution >= 0.6 is 11.3 Å². The normalized spacial score (nSPS) is 13.1. The Morgan fingerprint density at radius 3 is 1.57 bits per heavy atom. The molecule has 0 radical (unpaired) electrons. The number of nitrogens with zero attached hydrogens (tertiary/aromatic N) is 3. The van der Waals surface area contributed by atoms with Gasteiger partial charge in [-0.1, -0.05) is 238 Å². The Hall–Kier alpha value is -9.36. The number of fused-ring (bicyclic) bond motifs is 9. The zero-order valence-electron chi connectivity index (χ0n) is 50.4. The van der Waals surface area contributed by atoms with Crippen molar-refractivity contribution in [3.8, 4) is 33.4 Å². The fourth-order valence-electron chi connectivity index (χ4n) is 13.4. The minimum atomic E-state index is -0.128. The van der Waals surface area contributed by atoms with Crippen LogP contribution in [0, 0.1) is 0 Å². The standard InChI is InChI=1S/C80H68BN3OS/c1-78(2,3)55-35-40-58(41-36-55)82(67-33-20-19-29-61(67)52-25-15-11-16-26-52)60-44-45-66-69(50-60)84(68-34-22-32-64-63-31-21-30-62(75(63)85-76(64)68)53-27-17-12-18-28-53)71-48-54(51-23-13-10-14-24-51)47-70-73(71)81(66)77-74(65-49-57(80(7,8)9)39-46-72(65)86-77)83(70)59-42-37-56(38-43-59)79(4,5)6/h10-50H,1-9H3.